The molecule has 0 aromatic rings. The lowest BCUT2D eigenvalue weighted by Crippen LogP contribution is -2.52. The lowest BCUT2D eigenvalue weighted by molar-refractivity contribution is -0.466. The van der Waals surface area contributed by atoms with Crippen molar-refractivity contribution in [3.63, 3.8) is 0 Å². The first kappa shape index (κ1) is 75.5. The van der Waals surface area contributed by atoms with Crippen LogP contribution >= 0.6 is 0 Å². The van der Waals surface area contributed by atoms with E-state index in [0.717, 1.165) is 27.7 Å². The van der Waals surface area contributed by atoms with Crippen molar-refractivity contribution in [2.24, 2.45) is 5.92 Å². The number of ether oxygens (including phenoxy) is 9. The smallest absolute Gasteiger partial charge is 0.367 e. The number of hydrogen-bond donors (Lipinski definition) is 0. The van der Waals surface area contributed by atoms with Crippen LogP contribution in [0.25, 0.3) is 0 Å². The van der Waals surface area contributed by atoms with Crippen LogP contribution in [0, 0.1) is 5.92 Å². The average Bonchev–Trinajstić information content (AvgIpc) is 3.49. The number of alkyl halides is 24. The zero-order valence-corrected chi connectivity index (χ0v) is 40.1. The van der Waals surface area contributed by atoms with Gasteiger partial charge in [0, 0.05) is 38.5 Å². The van der Waals surface area contributed by atoms with Crippen LogP contribution < -0.4 is 0 Å². The molecule has 0 N–H and O–H groups in total. The summed E-state index contributed by atoms with van der Waals surface area (Å²) in [5.74, 6) is -18.8. The second-order valence-corrected chi connectivity index (χ2v) is 15.4. The van der Waals surface area contributed by atoms with Gasteiger partial charge in [0.1, 0.15) is 13.2 Å². The van der Waals surface area contributed by atoms with E-state index < -0.39 is 123 Å². The lowest BCUT2D eigenvalue weighted by atomic mass is 10.0. The Morgan fingerprint density at radius 1 is 0.352 bits per heavy atom. The summed E-state index contributed by atoms with van der Waals surface area (Å²) in [6.07, 6.45) is -27.3. The van der Waals surface area contributed by atoms with E-state index in [9.17, 15) is 105 Å². The molecule has 8 atom stereocenters. The molecule has 6 rings (SSSR count). The fourth-order valence-corrected chi connectivity index (χ4v) is 4.85. The largest absolute Gasteiger partial charge is 0.488 e. The molecular weight excluding hydrogens is 1060 g/mol. The zero-order chi connectivity index (χ0) is 57.7. The van der Waals surface area contributed by atoms with E-state index in [1.54, 1.807) is 13.8 Å². The highest BCUT2D eigenvalue weighted by Crippen LogP contribution is 2.50. The van der Waals surface area contributed by atoms with Gasteiger partial charge in [0.15, 0.2) is 0 Å². The summed E-state index contributed by atoms with van der Waals surface area (Å²) in [7, 11) is 2.00. The van der Waals surface area contributed by atoms with Crippen LogP contribution in [0.1, 0.15) is 93.9 Å². The highest BCUT2D eigenvalue weighted by atomic mass is 19.3. The molecule has 9 nitrogen and oxygen atoms in total. The van der Waals surface area contributed by atoms with Gasteiger partial charge in [0.05, 0.1) is 66.2 Å². The van der Waals surface area contributed by atoms with Crippen LogP contribution in [0.5, 0.6) is 0 Å². The van der Waals surface area contributed by atoms with E-state index in [4.69, 9.17) is 4.74 Å². The SMILES string of the molecule is CC1(F)CCC(F)(F)C(F)(F)O1.CC1(F)CCC(F)(F)O1.CC1(F)CCOC(F)(F)CO1.CC1(F)CCOC(F)(F)O1.CC1OC(F)(F)C(F)(F)C1C.CC1OCC(F)(F)OC1C.CF.CF.CF.CF. The Kier molecular flexibility index (Phi) is 31.8. The van der Waals surface area contributed by atoms with Gasteiger partial charge >= 0.3 is 48.7 Å². The third-order valence-corrected chi connectivity index (χ3v) is 8.96. The topological polar surface area (TPSA) is 83.1 Å². The van der Waals surface area contributed by atoms with Crippen molar-refractivity contribution in [3.8, 4) is 0 Å². The Hall–Kier alpha value is -2.04. The van der Waals surface area contributed by atoms with Gasteiger partial charge in [0.25, 0.3) is 0 Å². The second-order valence-electron chi connectivity index (χ2n) is 15.4. The van der Waals surface area contributed by atoms with Crippen molar-refractivity contribution in [1.82, 2.24) is 0 Å². The summed E-state index contributed by atoms with van der Waals surface area (Å²) < 4.78 is 320. The van der Waals surface area contributed by atoms with Crippen molar-refractivity contribution >= 4 is 0 Å². The standard InChI is InChI=1S/C6H7F5O.C6H8F4O.C6H9F3O2.C6H10F2O2.C5H7F3O2.C5H7F3O.4CH3F/c1-4(7)2-3-5(8,9)6(10,11)12-4;1-3-4(2)11-6(9,10)5(3,7)8;1-5(7)2-3-10-6(8,9)4-11-5;1-4-5(2)10-6(7,8)3-9-4;1-4(6)2-3-9-5(7,8)10-4;1-4(6)2-3-5(7,8)9-4;4*1-2/h2-3H2,1H3;3-4H,1-2H3;2-4H2,1H3;4-5H,3H2,1-2H3;2-3H2,1H3;2-3H2,1H3;4*1H3. The van der Waals surface area contributed by atoms with Crippen molar-refractivity contribution in [3.05, 3.63) is 0 Å². The Labute approximate surface area is 393 Å². The van der Waals surface area contributed by atoms with E-state index in [0.29, 0.717) is 35.6 Å². The van der Waals surface area contributed by atoms with Gasteiger partial charge in [-0.05, 0) is 48.5 Å². The Balaban J connectivity index is -0.000000369. The number of halogens is 24. The third-order valence-electron chi connectivity index (χ3n) is 8.96. The molecule has 6 heterocycles. The van der Waals surface area contributed by atoms with E-state index >= 15 is 0 Å². The van der Waals surface area contributed by atoms with Crippen molar-refractivity contribution < 1.29 is 148 Å². The molecule has 6 saturated heterocycles. The summed E-state index contributed by atoms with van der Waals surface area (Å²) >= 11 is 0. The highest BCUT2D eigenvalue weighted by Gasteiger charge is 2.69. The summed E-state index contributed by atoms with van der Waals surface area (Å²) in [5.41, 5.74) is 0. The molecule has 0 aliphatic carbocycles. The molecule has 0 aromatic heterocycles. The van der Waals surface area contributed by atoms with Crippen LogP contribution in [0.15, 0.2) is 0 Å². The lowest BCUT2D eigenvalue weighted by Gasteiger charge is -2.37. The van der Waals surface area contributed by atoms with E-state index in [-0.39, 0.29) is 38.6 Å². The maximum atomic E-state index is 12.8. The van der Waals surface area contributed by atoms with Crippen molar-refractivity contribution in [2.75, 3.05) is 55.1 Å². The van der Waals surface area contributed by atoms with Crippen LogP contribution in [-0.4, -0.2) is 146 Å². The molecular formula is C38H60F24O9. The molecule has 6 aliphatic heterocycles. The minimum Gasteiger partial charge on any atom is -0.367 e. The Bertz CT molecular complexity index is 1380. The minimum absolute atomic E-state index is 0.164. The third kappa shape index (κ3) is 29.0. The van der Waals surface area contributed by atoms with Gasteiger partial charge in [0.2, 0.25) is 23.4 Å². The van der Waals surface area contributed by atoms with Gasteiger partial charge in [-0.25, -0.2) is 17.6 Å². The molecule has 8 unspecified atom stereocenters. The van der Waals surface area contributed by atoms with Crippen LogP contribution in [0.4, 0.5) is 105 Å². The molecule has 0 aromatic carbocycles. The maximum absolute atomic E-state index is 12.8. The molecule has 434 valence electrons. The van der Waals surface area contributed by atoms with Crippen molar-refractivity contribution in [1.29, 1.82) is 0 Å². The fraction of sp³-hybridized carbons (Fsp3) is 1.00. The predicted molar refractivity (Wildman–Crippen MR) is 200 cm³/mol. The Morgan fingerprint density at radius 3 is 1.06 bits per heavy atom. The predicted octanol–water partition coefficient (Wildman–Crippen LogP) is 14.2. The first-order valence-corrected chi connectivity index (χ1v) is 20.0. The number of rotatable bonds is 0. The minimum atomic E-state index is -4.70. The molecule has 0 bridgehead atoms. The van der Waals surface area contributed by atoms with Gasteiger partial charge in [-0.3, -0.25) is 36.5 Å². The molecule has 6 fully saturated rings. The molecule has 0 saturated carbocycles. The van der Waals surface area contributed by atoms with Crippen LogP contribution in [-0.2, 0) is 42.6 Å². The molecule has 0 amide bonds. The van der Waals surface area contributed by atoms with Gasteiger partial charge in [-0.15, -0.1) is 8.78 Å². The Morgan fingerprint density at radius 2 is 0.775 bits per heavy atom. The van der Waals surface area contributed by atoms with Gasteiger partial charge < -0.3 is 23.7 Å². The first-order chi connectivity index (χ1) is 31.7. The van der Waals surface area contributed by atoms with Crippen molar-refractivity contribution in [2.45, 2.75) is 184 Å². The summed E-state index contributed by atoms with van der Waals surface area (Å²) in [6.45, 7) is 7.02. The first-order valence-electron chi connectivity index (χ1n) is 20.0. The summed E-state index contributed by atoms with van der Waals surface area (Å²) in [5, 5.41) is 0. The highest BCUT2D eigenvalue weighted by molar-refractivity contribution is 4.92. The summed E-state index contributed by atoms with van der Waals surface area (Å²) in [4.78, 5) is 0. The average molecular weight is 1120 g/mol. The van der Waals surface area contributed by atoms with Crippen LogP contribution in [0.3, 0.4) is 0 Å². The summed E-state index contributed by atoms with van der Waals surface area (Å²) in [6, 6.07) is 0. The molecule has 71 heavy (non-hydrogen) atoms. The fourth-order valence-electron chi connectivity index (χ4n) is 4.85. The van der Waals surface area contributed by atoms with E-state index in [2.05, 4.69) is 37.9 Å². The molecule has 0 radical (unpaired) electrons. The normalized spacial score (nSPS) is 35.7. The molecule has 0 spiro atoms. The van der Waals surface area contributed by atoms with Gasteiger partial charge in [-0.1, -0.05) is 6.92 Å². The quantitative estimate of drug-likeness (QED) is 0.220. The second kappa shape index (κ2) is 29.9. The monoisotopic (exact) mass is 1120 g/mol. The van der Waals surface area contributed by atoms with E-state index in [1.165, 1.54) is 6.92 Å². The number of hydrogen-bond acceptors (Lipinski definition) is 9. The zero-order valence-electron chi connectivity index (χ0n) is 40.1. The molecule has 6 aliphatic rings. The maximum Gasteiger partial charge on any atom is 0.488 e. The van der Waals surface area contributed by atoms with Gasteiger partial charge in [-0.2, -0.15) is 61.5 Å². The molecule has 33 heteroatoms. The van der Waals surface area contributed by atoms with Crippen LogP contribution in [0.2, 0.25) is 0 Å². The van der Waals surface area contributed by atoms with E-state index in [1.807, 2.05) is 0 Å².